The third-order valence-corrected chi connectivity index (χ3v) is 4.65. The number of hydrogen-bond acceptors (Lipinski definition) is 5. The molecule has 26 heavy (non-hydrogen) atoms. The zero-order valence-corrected chi connectivity index (χ0v) is 14.6. The second kappa shape index (κ2) is 8.05. The lowest BCUT2D eigenvalue weighted by molar-refractivity contribution is -0.126. The van der Waals surface area contributed by atoms with E-state index >= 15 is 0 Å². The highest BCUT2D eigenvalue weighted by Gasteiger charge is 2.34. The minimum atomic E-state index is -0.491. The van der Waals surface area contributed by atoms with E-state index in [0.29, 0.717) is 10.8 Å². The first-order valence-electron chi connectivity index (χ1n) is 8.06. The number of nitrogens with zero attached hydrogens (tertiary/aromatic N) is 2. The average Bonchev–Trinajstić information content (AvgIpc) is 3.25. The van der Waals surface area contributed by atoms with Crippen LogP contribution in [0.3, 0.4) is 0 Å². The van der Waals surface area contributed by atoms with E-state index in [4.69, 9.17) is 0 Å². The molecule has 136 valence electrons. The Kier molecular flexibility index (Phi) is 5.57. The lowest BCUT2D eigenvalue weighted by Crippen LogP contribution is -2.34. The van der Waals surface area contributed by atoms with Crippen molar-refractivity contribution in [3.8, 4) is 0 Å². The molecule has 2 N–H and O–H groups in total. The average molecular weight is 376 g/mol. The highest BCUT2D eigenvalue weighted by molar-refractivity contribution is 7.13. The predicted octanol–water partition coefficient (Wildman–Crippen LogP) is 1.78. The molecule has 1 aliphatic rings. The number of carbonyl (C=O) groups is 3. The third-order valence-electron chi connectivity index (χ3n) is 3.96. The molecular formula is C17H17FN4O3S. The first-order chi connectivity index (χ1) is 12.5. The maximum absolute atomic E-state index is 13.0. The van der Waals surface area contributed by atoms with Crippen molar-refractivity contribution < 1.29 is 18.8 Å². The molecule has 2 heterocycles. The lowest BCUT2D eigenvalue weighted by Gasteiger charge is -2.16. The van der Waals surface area contributed by atoms with Crippen LogP contribution in [0, 0.1) is 11.7 Å². The second-order valence-electron chi connectivity index (χ2n) is 5.81. The van der Waals surface area contributed by atoms with Gasteiger partial charge in [-0.1, -0.05) is 0 Å². The lowest BCUT2D eigenvalue weighted by atomic mass is 10.1. The van der Waals surface area contributed by atoms with Gasteiger partial charge in [-0.05, 0) is 24.3 Å². The molecule has 1 saturated heterocycles. The van der Waals surface area contributed by atoms with E-state index < -0.39 is 5.92 Å². The van der Waals surface area contributed by atoms with Crippen molar-refractivity contribution in [1.29, 1.82) is 0 Å². The summed E-state index contributed by atoms with van der Waals surface area (Å²) in [6, 6.07) is 5.57. The number of amides is 3. The Labute approximate surface area is 153 Å². The Morgan fingerprint density at radius 2 is 2.08 bits per heavy atom. The zero-order chi connectivity index (χ0) is 18.5. The number of aromatic nitrogens is 1. The summed E-state index contributed by atoms with van der Waals surface area (Å²) in [5.74, 6) is -1.57. The number of carbonyl (C=O) groups excluding carboxylic acids is 3. The molecule has 0 bridgehead atoms. The van der Waals surface area contributed by atoms with Gasteiger partial charge >= 0.3 is 0 Å². The predicted molar refractivity (Wildman–Crippen MR) is 95.2 cm³/mol. The van der Waals surface area contributed by atoms with E-state index in [2.05, 4.69) is 15.6 Å². The van der Waals surface area contributed by atoms with Crippen molar-refractivity contribution in [3.05, 3.63) is 41.7 Å². The van der Waals surface area contributed by atoms with Crippen LogP contribution in [0.2, 0.25) is 0 Å². The van der Waals surface area contributed by atoms with Crippen molar-refractivity contribution in [2.24, 2.45) is 5.92 Å². The van der Waals surface area contributed by atoms with Gasteiger partial charge in [0.15, 0.2) is 5.13 Å². The number of thiazole rings is 1. The summed E-state index contributed by atoms with van der Waals surface area (Å²) in [4.78, 5) is 41.5. The van der Waals surface area contributed by atoms with E-state index in [1.807, 2.05) is 0 Å². The SMILES string of the molecule is O=C(CCNC(=O)C1CC(=O)N(c2ccc(F)cc2)C1)Nc1nccs1. The summed E-state index contributed by atoms with van der Waals surface area (Å²) in [5, 5.41) is 7.57. The molecule has 3 amide bonds. The van der Waals surface area contributed by atoms with Gasteiger partial charge in [-0.15, -0.1) is 11.3 Å². The van der Waals surface area contributed by atoms with Gasteiger partial charge < -0.3 is 15.5 Å². The fourth-order valence-electron chi connectivity index (χ4n) is 2.66. The van der Waals surface area contributed by atoms with Crippen LogP contribution in [0.25, 0.3) is 0 Å². The Hall–Kier alpha value is -2.81. The zero-order valence-electron chi connectivity index (χ0n) is 13.8. The summed E-state index contributed by atoms with van der Waals surface area (Å²) in [7, 11) is 0. The molecule has 2 aromatic rings. The topological polar surface area (TPSA) is 91.4 Å². The number of anilines is 2. The fraction of sp³-hybridized carbons (Fsp3) is 0.294. The summed E-state index contributed by atoms with van der Waals surface area (Å²) in [5.41, 5.74) is 0.564. The monoisotopic (exact) mass is 376 g/mol. The van der Waals surface area contributed by atoms with Crippen molar-refractivity contribution in [2.45, 2.75) is 12.8 Å². The van der Waals surface area contributed by atoms with E-state index in [-0.39, 0.29) is 49.5 Å². The van der Waals surface area contributed by atoms with Crippen LogP contribution in [0.4, 0.5) is 15.2 Å². The van der Waals surface area contributed by atoms with Gasteiger partial charge in [-0.25, -0.2) is 9.37 Å². The van der Waals surface area contributed by atoms with Gasteiger partial charge in [-0.3, -0.25) is 14.4 Å². The first kappa shape index (κ1) is 18.0. The molecule has 1 aromatic carbocycles. The third kappa shape index (κ3) is 4.42. The van der Waals surface area contributed by atoms with Gasteiger partial charge in [0.05, 0.1) is 5.92 Å². The maximum atomic E-state index is 13.0. The Bertz CT molecular complexity index is 795. The van der Waals surface area contributed by atoms with Crippen LogP contribution in [0.1, 0.15) is 12.8 Å². The Morgan fingerprint density at radius 3 is 2.77 bits per heavy atom. The van der Waals surface area contributed by atoms with Crippen LogP contribution >= 0.6 is 11.3 Å². The second-order valence-corrected chi connectivity index (χ2v) is 6.70. The van der Waals surface area contributed by atoms with E-state index in [1.165, 1.54) is 40.5 Å². The number of benzene rings is 1. The van der Waals surface area contributed by atoms with Gasteiger partial charge in [0.2, 0.25) is 17.7 Å². The highest BCUT2D eigenvalue weighted by Crippen LogP contribution is 2.25. The van der Waals surface area contributed by atoms with Gasteiger partial charge in [0.25, 0.3) is 0 Å². The first-order valence-corrected chi connectivity index (χ1v) is 8.94. The fourth-order valence-corrected chi connectivity index (χ4v) is 3.21. The summed E-state index contributed by atoms with van der Waals surface area (Å²) in [6.45, 7) is 0.416. The summed E-state index contributed by atoms with van der Waals surface area (Å²) in [6.07, 6.45) is 1.80. The molecule has 0 aliphatic carbocycles. The molecule has 0 radical (unpaired) electrons. The van der Waals surface area contributed by atoms with E-state index in [0.717, 1.165) is 0 Å². The molecule has 1 atom stereocenters. The van der Waals surface area contributed by atoms with Gasteiger partial charge in [-0.2, -0.15) is 0 Å². The minimum absolute atomic E-state index is 0.0918. The Morgan fingerprint density at radius 1 is 1.31 bits per heavy atom. The Balaban J connectivity index is 1.46. The van der Waals surface area contributed by atoms with Crippen molar-refractivity contribution in [2.75, 3.05) is 23.3 Å². The van der Waals surface area contributed by atoms with Gasteiger partial charge in [0, 0.05) is 43.2 Å². The summed E-state index contributed by atoms with van der Waals surface area (Å²) >= 11 is 1.31. The number of nitrogens with one attached hydrogen (secondary N) is 2. The summed E-state index contributed by atoms with van der Waals surface area (Å²) < 4.78 is 13.0. The minimum Gasteiger partial charge on any atom is -0.355 e. The van der Waals surface area contributed by atoms with Crippen LogP contribution in [-0.4, -0.2) is 35.8 Å². The molecule has 9 heteroatoms. The van der Waals surface area contributed by atoms with Crippen LogP contribution in [0.5, 0.6) is 0 Å². The van der Waals surface area contributed by atoms with E-state index in [9.17, 15) is 18.8 Å². The standard InChI is InChI=1S/C17H17FN4O3S/c18-12-1-3-13(4-2-12)22-10-11(9-15(22)24)16(25)19-6-5-14(23)21-17-20-7-8-26-17/h1-4,7-8,11H,5-6,9-10H2,(H,19,25)(H,20,21,23). The largest absolute Gasteiger partial charge is 0.355 e. The molecule has 0 spiro atoms. The molecule has 0 saturated carbocycles. The number of rotatable bonds is 6. The molecule has 1 aromatic heterocycles. The molecule has 7 nitrogen and oxygen atoms in total. The maximum Gasteiger partial charge on any atom is 0.227 e. The van der Waals surface area contributed by atoms with Crippen molar-refractivity contribution in [1.82, 2.24) is 10.3 Å². The molecular weight excluding hydrogens is 359 g/mol. The molecule has 3 rings (SSSR count). The van der Waals surface area contributed by atoms with Gasteiger partial charge in [0.1, 0.15) is 5.82 Å². The highest BCUT2D eigenvalue weighted by atomic mass is 32.1. The van der Waals surface area contributed by atoms with Crippen LogP contribution < -0.4 is 15.5 Å². The van der Waals surface area contributed by atoms with Crippen molar-refractivity contribution in [3.63, 3.8) is 0 Å². The van der Waals surface area contributed by atoms with Crippen molar-refractivity contribution >= 4 is 39.9 Å². The molecule has 1 aliphatic heterocycles. The number of hydrogen-bond donors (Lipinski definition) is 2. The van der Waals surface area contributed by atoms with Crippen LogP contribution in [-0.2, 0) is 14.4 Å². The molecule has 1 unspecified atom stereocenters. The normalized spacial score (nSPS) is 16.6. The quantitative estimate of drug-likeness (QED) is 0.804. The van der Waals surface area contributed by atoms with E-state index in [1.54, 1.807) is 11.6 Å². The number of halogens is 1. The smallest absolute Gasteiger partial charge is 0.227 e. The van der Waals surface area contributed by atoms with Crippen LogP contribution in [0.15, 0.2) is 35.8 Å². The molecule has 1 fully saturated rings.